The Morgan fingerprint density at radius 3 is 2.57 bits per heavy atom. The first kappa shape index (κ1) is 14.7. The van der Waals surface area contributed by atoms with Crippen LogP contribution in [0.5, 0.6) is 0 Å². The molecular formula is C18H12NO4-. The summed E-state index contributed by atoms with van der Waals surface area (Å²) in [4.78, 5) is 26.8. The molecule has 23 heavy (non-hydrogen) atoms. The number of aromatic carboxylic acids is 1. The molecule has 0 N–H and O–H groups in total. The molecule has 0 bridgehead atoms. The Kier molecular flexibility index (Phi) is 3.76. The number of rotatable bonds is 3. The third kappa shape index (κ3) is 3.18. The Balaban J connectivity index is 1.90. The van der Waals surface area contributed by atoms with Crippen LogP contribution in [0.4, 0.5) is 0 Å². The minimum absolute atomic E-state index is 0.0742. The summed E-state index contributed by atoms with van der Waals surface area (Å²) in [6, 6.07) is 13.5. The van der Waals surface area contributed by atoms with Crippen LogP contribution in [0.3, 0.4) is 0 Å². The lowest BCUT2D eigenvalue weighted by atomic mass is 10.1. The molecule has 1 aliphatic heterocycles. The van der Waals surface area contributed by atoms with E-state index < -0.39 is 11.9 Å². The molecule has 0 spiro atoms. The number of ether oxygens (including phenoxy) is 1. The van der Waals surface area contributed by atoms with Gasteiger partial charge in [0.25, 0.3) is 0 Å². The zero-order valence-electron chi connectivity index (χ0n) is 12.3. The van der Waals surface area contributed by atoms with Crippen molar-refractivity contribution in [3.63, 3.8) is 0 Å². The molecule has 2 aromatic rings. The van der Waals surface area contributed by atoms with Crippen LogP contribution in [-0.4, -0.2) is 17.8 Å². The van der Waals surface area contributed by atoms with Crippen LogP contribution in [0.1, 0.15) is 27.0 Å². The van der Waals surface area contributed by atoms with Crippen molar-refractivity contribution < 1.29 is 19.4 Å². The van der Waals surface area contributed by atoms with Gasteiger partial charge < -0.3 is 14.6 Å². The van der Waals surface area contributed by atoms with Gasteiger partial charge in [0.1, 0.15) is 0 Å². The summed E-state index contributed by atoms with van der Waals surface area (Å²) >= 11 is 0. The maximum atomic E-state index is 11.9. The summed E-state index contributed by atoms with van der Waals surface area (Å²) in [6.07, 6.45) is 1.55. The van der Waals surface area contributed by atoms with Gasteiger partial charge in [-0.3, -0.25) is 0 Å². The standard InChI is InChI=1S/C18H13NO4/c1-11-3-2-4-14(9-11)16-19-15(18(22)23-16)10-12-5-7-13(8-6-12)17(20)21/h2-10H,1H3,(H,20,21)/p-1/b15-10-. The number of cyclic esters (lactones) is 1. The van der Waals surface area contributed by atoms with Crippen molar-refractivity contribution in [2.45, 2.75) is 6.92 Å². The van der Waals surface area contributed by atoms with E-state index >= 15 is 0 Å². The van der Waals surface area contributed by atoms with E-state index in [1.165, 1.54) is 12.1 Å². The van der Waals surface area contributed by atoms with Gasteiger partial charge in [-0.2, -0.15) is 0 Å². The normalized spacial score (nSPS) is 15.4. The zero-order chi connectivity index (χ0) is 16.4. The molecular weight excluding hydrogens is 294 g/mol. The molecule has 0 radical (unpaired) electrons. The number of carbonyl (C=O) groups is 2. The van der Waals surface area contributed by atoms with Crippen molar-refractivity contribution >= 4 is 23.9 Å². The van der Waals surface area contributed by atoms with Gasteiger partial charge >= 0.3 is 5.97 Å². The molecule has 0 saturated heterocycles. The van der Waals surface area contributed by atoms with E-state index in [-0.39, 0.29) is 17.2 Å². The maximum absolute atomic E-state index is 11.9. The Bertz CT molecular complexity index is 848. The van der Waals surface area contributed by atoms with Crippen molar-refractivity contribution in [1.29, 1.82) is 0 Å². The van der Waals surface area contributed by atoms with Crippen molar-refractivity contribution in [3.8, 4) is 0 Å². The average molecular weight is 306 g/mol. The number of carbonyl (C=O) groups excluding carboxylic acids is 2. The maximum Gasteiger partial charge on any atom is 0.363 e. The third-order valence-corrected chi connectivity index (χ3v) is 3.34. The first-order valence-corrected chi connectivity index (χ1v) is 6.94. The predicted molar refractivity (Wildman–Crippen MR) is 82.6 cm³/mol. The molecule has 0 atom stereocenters. The lowest BCUT2D eigenvalue weighted by Gasteiger charge is -2.01. The van der Waals surface area contributed by atoms with Gasteiger partial charge in [0.15, 0.2) is 5.70 Å². The second-order valence-corrected chi connectivity index (χ2v) is 5.11. The van der Waals surface area contributed by atoms with E-state index in [4.69, 9.17) is 4.74 Å². The van der Waals surface area contributed by atoms with E-state index in [1.54, 1.807) is 18.2 Å². The fourth-order valence-electron chi connectivity index (χ4n) is 2.18. The number of aryl methyl sites for hydroxylation is 1. The fourth-order valence-corrected chi connectivity index (χ4v) is 2.18. The highest BCUT2D eigenvalue weighted by Gasteiger charge is 2.24. The summed E-state index contributed by atoms with van der Waals surface area (Å²) in [6.45, 7) is 1.94. The summed E-state index contributed by atoms with van der Waals surface area (Å²) in [5, 5.41) is 10.7. The second kappa shape index (κ2) is 5.88. The molecule has 0 unspecified atom stereocenters. The molecule has 3 rings (SSSR count). The lowest BCUT2D eigenvalue weighted by Crippen LogP contribution is -2.21. The van der Waals surface area contributed by atoms with Crippen LogP contribution in [0.25, 0.3) is 6.08 Å². The largest absolute Gasteiger partial charge is 0.545 e. The Morgan fingerprint density at radius 1 is 1.17 bits per heavy atom. The first-order valence-electron chi connectivity index (χ1n) is 6.94. The van der Waals surface area contributed by atoms with Crippen LogP contribution in [0.2, 0.25) is 0 Å². The molecule has 0 aliphatic carbocycles. The minimum Gasteiger partial charge on any atom is -0.545 e. The number of hydrogen-bond donors (Lipinski definition) is 0. The van der Waals surface area contributed by atoms with Gasteiger partial charge in [-0.25, -0.2) is 9.79 Å². The first-order chi connectivity index (χ1) is 11.0. The molecule has 5 nitrogen and oxygen atoms in total. The second-order valence-electron chi connectivity index (χ2n) is 5.11. The van der Waals surface area contributed by atoms with Gasteiger partial charge in [-0.05, 0) is 36.3 Å². The summed E-state index contributed by atoms with van der Waals surface area (Å²) in [7, 11) is 0. The molecule has 114 valence electrons. The lowest BCUT2D eigenvalue weighted by molar-refractivity contribution is -0.255. The molecule has 2 aromatic carbocycles. The summed E-state index contributed by atoms with van der Waals surface area (Å²) in [5.74, 6) is -1.52. The monoisotopic (exact) mass is 306 g/mol. The quantitative estimate of drug-likeness (QED) is 0.638. The number of benzene rings is 2. The Morgan fingerprint density at radius 2 is 1.91 bits per heavy atom. The van der Waals surface area contributed by atoms with E-state index in [0.29, 0.717) is 5.56 Å². The zero-order valence-corrected chi connectivity index (χ0v) is 12.3. The molecule has 1 heterocycles. The van der Waals surface area contributed by atoms with E-state index in [1.807, 2.05) is 31.2 Å². The molecule has 0 aromatic heterocycles. The van der Waals surface area contributed by atoms with Crippen LogP contribution in [0.15, 0.2) is 59.2 Å². The van der Waals surface area contributed by atoms with Crippen molar-refractivity contribution in [3.05, 3.63) is 76.5 Å². The Hall–Kier alpha value is -3.21. The number of carboxylic acid groups (broad SMARTS) is 1. The number of carboxylic acids is 1. The van der Waals surface area contributed by atoms with Gasteiger partial charge in [-0.1, -0.05) is 42.0 Å². The smallest absolute Gasteiger partial charge is 0.363 e. The SMILES string of the molecule is Cc1cccc(C2=N/C(=C\c3ccc(C(=O)[O-])cc3)C(=O)O2)c1. The van der Waals surface area contributed by atoms with Crippen LogP contribution in [0, 0.1) is 6.92 Å². The van der Waals surface area contributed by atoms with Gasteiger partial charge in [0, 0.05) is 5.56 Å². The minimum atomic E-state index is -1.25. The van der Waals surface area contributed by atoms with Crippen LogP contribution in [-0.2, 0) is 9.53 Å². The number of nitrogens with zero attached hydrogens (tertiary/aromatic N) is 1. The van der Waals surface area contributed by atoms with Crippen molar-refractivity contribution in [2.24, 2.45) is 4.99 Å². The molecule has 0 fully saturated rings. The molecule has 5 heteroatoms. The van der Waals surface area contributed by atoms with Crippen LogP contribution >= 0.6 is 0 Å². The van der Waals surface area contributed by atoms with Crippen molar-refractivity contribution in [1.82, 2.24) is 0 Å². The number of aliphatic imine (C=N–C) groups is 1. The molecule has 1 aliphatic rings. The van der Waals surface area contributed by atoms with Crippen LogP contribution < -0.4 is 5.11 Å². The third-order valence-electron chi connectivity index (χ3n) is 3.34. The Labute approximate surface area is 132 Å². The van der Waals surface area contributed by atoms with E-state index in [9.17, 15) is 14.7 Å². The number of esters is 1. The van der Waals surface area contributed by atoms with Gasteiger partial charge in [0.05, 0.1) is 5.97 Å². The van der Waals surface area contributed by atoms with Gasteiger partial charge in [-0.15, -0.1) is 0 Å². The highest BCUT2D eigenvalue weighted by Crippen LogP contribution is 2.19. The van der Waals surface area contributed by atoms with E-state index in [2.05, 4.69) is 4.99 Å². The fraction of sp³-hybridized carbons (Fsp3) is 0.0556. The highest BCUT2D eigenvalue weighted by molar-refractivity contribution is 6.12. The topological polar surface area (TPSA) is 78.8 Å². The number of hydrogen-bond acceptors (Lipinski definition) is 5. The summed E-state index contributed by atoms with van der Waals surface area (Å²) < 4.78 is 5.19. The predicted octanol–water partition coefficient (Wildman–Crippen LogP) is 1.70. The highest BCUT2D eigenvalue weighted by atomic mass is 16.6. The van der Waals surface area contributed by atoms with Crippen molar-refractivity contribution in [2.75, 3.05) is 0 Å². The van der Waals surface area contributed by atoms with Gasteiger partial charge in [0.2, 0.25) is 5.90 Å². The summed E-state index contributed by atoms with van der Waals surface area (Å²) in [5.41, 5.74) is 2.66. The van der Waals surface area contributed by atoms with E-state index in [0.717, 1.165) is 11.1 Å². The molecule has 0 saturated carbocycles. The average Bonchev–Trinajstić information content (AvgIpc) is 2.89. The molecule has 0 amide bonds.